The lowest BCUT2D eigenvalue weighted by atomic mass is 10.2. The lowest BCUT2D eigenvalue weighted by Crippen LogP contribution is -2.17. The molecule has 1 aromatic carbocycles. The maximum atomic E-state index is 12.0. The number of carbonyl (C=O) groups excluding carboxylic acids is 1. The van der Waals surface area contributed by atoms with E-state index in [-0.39, 0.29) is 5.91 Å². The van der Waals surface area contributed by atoms with E-state index in [4.69, 9.17) is 9.15 Å². The number of hydrogen-bond acceptors (Lipinski definition) is 6. The van der Waals surface area contributed by atoms with Crippen molar-refractivity contribution in [1.29, 1.82) is 0 Å². The van der Waals surface area contributed by atoms with Crippen LogP contribution in [0.1, 0.15) is 16.1 Å². The fourth-order valence-corrected chi connectivity index (χ4v) is 2.69. The highest BCUT2D eigenvalue weighted by Crippen LogP contribution is 2.26. The lowest BCUT2D eigenvalue weighted by Gasteiger charge is -2.02. The van der Waals surface area contributed by atoms with Gasteiger partial charge < -0.3 is 9.15 Å². The average molecular weight is 353 g/mol. The van der Waals surface area contributed by atoms with Gasteiger partial charge in [-0.1, -0.05) is 12.1 Å². The van der Waals surface area contributed by atoms with Crippen LogP contribution in [0.25, 0.3) is 0 Å². The summed E-state index contributed by atoms with van der Waals surface area (Å²) in [5, 5.41) is 5.44. The third-order valence-corrected chi connectivity index (χ3v) is 4.01. The SMILES string of the molecule is COc1cccc(C(=O)N/N=C/c2ccc(Sc3ccccn3)o2)c1. The Bertz CT molecular complexity index is 878. The van der Waals surface area contributed by atoms with Crippen LogP contribution >= 0.6 is 11.8 Å². The second-order valence-electron chi connectivity index (χ2n) is 4.86. The zero-order valence-corrected chi connectivity index (χ0v) is 14.2. The number of hydrazone groups is 1. The van der Waals surface area contributed by atoms with E-state index in [0.29, 0.717) is 22.2 Å². The molecule has 0 aliphatic heterocycles. The van der Waals surface area contributed by atoms with Crippen molar-refractivity contribution in [2.45, 2.75) is 10.1 Å². The fourth-order valence-electron chi connectivity index (χ4n) is 1.95. The number of ether oxygens (including phenoxy) is 1. The molecule has 0 aliphatic rings. The van der Waals surface area contributed by atoms with E-state index < -0.39 is 0 Å². The number of aromatic nitrogens is 1. The molecule has 0 saturated carbocycles. The molecule has 0 radical (unpaired) electrons. The van der Waals surface area contributed by atoms with Gasteiger partial charge in [0.05, 0.1) is 13.3 Å². The minimum Gasteiger partial charge on any atom is -0.497 e. The van der Waals surface area contributed by atoms with Crippen molar-refractivity contribution in [3.05, 3.63) is 72.1 Å². The summed E-state index contributed by atoms with van der Waals surface area (Å²) < 4.78 is 10.7. The Labute approximate surface area is 148 Å². The molecule has 0 bridgehead atoms. The van der Waals surface area contributed by atoms with Gasteiger partial charge in [0.2, 0.25) is 0 Å². The molecule has 25 heavy (non-hydrogen) atoms. The highest BCUT2D eigenvalue weighted by Gasteiger charge is 2.06. The van der Waals surface area contributed by atoms with Crippen LogP contribution in [0.4, 0.5) is 0 Å². The van der Waals surface area contributed by atoms with E-state index in [1.807, 2.05) is 24.3 Å². The van der Waals surface area contributed by atoms with Crippen LogP contribution in [0.15, 0.2) is 80.4 Å². The van der Waals surface area contributed by atoms with Crippen LogP contribution in [-0.4, -0.2) is 24.2 Å². The zero-order valence-electron chi connectivity index (χ0n) is 13.4. The third-order valence-electron chi connectivity index (χ3n) is 3.13. The summed E-state index contributed by atoms with van der Waals surface area (Å²) in [6.45, 7) is 0. The van der Waals surface area contributed by atoms with Gasteiger partial charge in [-0.25, -0.2) is 10.4 Å². The summed E-state index contributed by atoms with van der Waals surface area (Å²) in [4.78, 5) is 16.2. The van der Waals surface area contributed by atoms with E-state index in [1.165, 1.54) is 18.0 Å². The number of pyridine rings is 1. The molecule has 2 heterocycles. The highest BCUT2D eigenvalue weighted by molar-refractivity contribution is 7.99. The summed E-state index contributed by atoms with van der Waals surface area (Å²) in [6.07, 6.45) is 3.17. The second kappa shape index (κ2) is 8.16. The summed E-state index contributed by atoms with van der Waals surface area (Å²) in [7, 11) is 1.55. The Balaban J connectivity index is 1.58. The Morgan fingerprint density at radius 1 is 1.24 bits per heavy atom. The maximum absolute atomic E-state index is 12.0. The Kier molecular flexibility index (Phi) is 5.48. The van der Waals surface area contributed by atoms with E-state index >= 15 is 0 Å². The van der Waals surface area contributed by atoms with Crippen LogP contribution in [0.3, 0.4) is 0 Å². The first kappa shape index (κ1) is 16.8. The number of carbonyl (C=O) groups is 1. The topological polar surface area (TPSA) is 76.7 Å². The first-order valence-corrected chi connectivity index (χ1v) is 8.22. The predicted octanol–water partition coefficient (Wildman–Crippen LogP) is 3.60. The van der Waals surface area contributed by atoms with Gasteiger partial charge >= 0.3 is 0 Å². The summed E-state index contributed by atoms with van der Waals surface area (Å²) in [5.41, 5.74) is 2.91. The summed E-state index contributed by atoms with van der Waals surface area (Å²) in [5.74, 6) is 0.813. The molecular formula is C18H15N3O3S. The number of benzene rings is 1. The van der Waals surface area contributed by atoms with Crippen molar-refractivity contribution < 1.29 is 13.9 Å². The molecule has 0 unspecified atom stereocenters. The molecule has 7 heteroatoms. The minimum atomic E-state index is -0.329. The molecule has 0 aliphatic carbocycles. The number of furan rings is 1. The lowest BCUT2D eigenvalue weighted by molar-refractivity contribution is 0.0954. The number of amides is 1. The van der Waals surface area contributed by atoms with Gasteiger partial charge in [-0.15, -0.1) is 0 Å². The molecule has 3 aromatic rings. The largest absolute Gasteiger partial charge is 0.497 e. The molecule has 6 nitrogen and oxygen atoms in total. The molecule has 0 spiro atoms. The van der Waals surface area contributed by atoms with Crippen molar-refractivity contribution in [1.82, 2.24) is 10.4 Å². The number of nitrogens with one attached hydrogen (secondary N) is 1. The maximum Gasteiger partial charge on any atom is 0.271 e. The highest BCUT2D eigenvalue weighted by atomic mass is 32.2. The first-order chi connectivity index (χ1) is 12.2. The first-order valence-electron chi connectivity index (χ1n) is 7.41. The van der Waals surface area contributed by atoms with E-state index in [9.17, 15) is 4.79 Å². The van der Waals surface area contributed by atoms with Gasteiger partial charge in [-0.3, -0.25) is 4.79 Å². The molecule has 1 amide bonds. The van der Waals surface area contributed by atoms with Gasteiger partial charge in [-0.05, 0) is 54.2 Å². The molecular weight excluding hydrogens is 338 g/mol. The fraction of sp³-hybridized carbons (Fsp3) is 0.0556. The van der Waals surface area contributed by atoms with Crippen molar-refractivity contribution in [3.63, 3.8) is 0 Å². The Morgan fingerprint density at radius 2 is 2.16 bits per heavy atom. The zero-order chi connectivity index (χ0) is 17.5. The van der Waals surface area contributed by atoms with E-state index in [1.54, 1.807) is 43.6 Å². The summed E-state index contributed by atoms with van der Waals surface area (Å²) in [6, 6.07) is 16.1. The van der Waals surface area contributed by atoms with Crippen molar-refractivity contribution in [2.24, 2.45) is 5.10 Å². The number of rotatable bonds is 6. The normalized spacial score (nSPS) is 10.8. The van der Waals surface area contributed by atoms with Crippen LogP contribution in [0.5, 0.6) is 5.75 Å². The van der Waals surface area contributed by atoms with Gasteiger partial charge in [0.25, 0.3) is 5.91 Å². The van der Waals surface area contributed by atoms with Crippen molar-refractivity contribution >= 4 is 23.9 Å². The molecule has 1 N–H and O–H groups in total. The Morgan fingerprint density at radius 3 is 2.96 bits per heavy atom. The monoisotopic (exact) mass is 353 g/mol. The van der Waals surface area contributed by atoms with Crippen molar-refractivity contribution in [2.75, 3.05) is 7.11 Å². The molecule has 126 valence electrons. The number of hydrogen-bond donors (Lipinski definition) is 1. The number of nitrogens with zero attached hydrogens (tertiary/aromatic N) is 2. The molecule has 0 saturated heterocycles. The van der Waals surface area contributed by atoms with Gasteiger partial charge in [-0.2, -0.15) is 5.10 Å². The van der Waals surface area contributed by atoms with E-state index in [2.05, 4.69) is 15.5 Å². The standard InChI is InChI=1S/C18H15N3O3S/c1-23-14-6-4-5-13(11-14)18(22)21-20-12-15-8-9-17(24-15)25-16-7-2-3-10-19-16/h2-12H,1H3,(H,21,22)/b20-12+. The van der Waals surface area contributed by atoms with E-state index in [0.717, 1.165) is 5.03 Å². The molecule has 2 aromatic heterocycles. The quantitative estimate of drug-likeness (QED) is 0.541. The Hall–Kier alpha value is -3.06. The smallest absolute Gasteiger partial charge is 0.271 e. The number of methoxy groups -OCH3 is 1. The van der Waals surface area contributed by atoms with Crippen molar-refractivity contribution in [3.8, 4) is 5.75 Å². The van der Waals surface area contributed by atoms with Crippen LogP contribution < -0.4 is 10.2 Å². The van der Waals surface area contributed by atoms with Crippen LogP contribution in [-0.2, 0) is 0 Å². The van der Waals surface area contributed by atoms with Crippen LogP contribution in [0, 0.1) is 0 Å². The average Bonchev–Trinajstić information content (AvgIpc) is 3.09. The minimum absolute atomic E-state index is 0.329. The predicted molar refractivity (Wildman–Crippen MR) is 95.1 cm³/mol. The molecule has 0 fully saturated rings. The van der Waals surface area contributed by atoms with Crippen LogP contribution in [0.2, 0.25) is 0 Å². The molecule has 0 atom stereocenters. The summed E-state index contributed by atoms with van der Waals surface area (Å²) >= 11 is 1.41. The van der Waals surface area contributed by atoms with Gasteiger partial charge in [0.15, 0.2) is 5.09 Å². The second-order valence-corrected chi connectivity index (χ2v) is 5.88. The van der Waals surface area contributed by atoms with Gasteiger partial charge in [0, 0.05) is 11.8 Å². The molecule has 3 rings (SSSR count). The third kappa shape index (κ3) is 4.71. The van der Waals surface area contributed by atoms with Gasteiger partial charge in [0.1, 0.15) is 16.5 Å².